The van der Waals surface area contributed by atoms with Gasteiger partial charge < -0.3 is 14.6 Å². The average Bonchev–Trinajstić information content (AvgIpc) is 2.96. The number of hydrogen-bond donors (Lipinski definition) is 1. The summed E-state index contributed by atoms with van der Waals surface area (Å²) >= 11 is 0. The van der Waals surface area contributed by atoms with E-state index in [1.807, 2.05) is 31.7 Å². The van der Waals surface area contributed by atoms with Gasteiger partial charge in [-0.15, -0.1) is 0 Å². The van der Waals surface area contributed by atoms with Crippen molar-refractivity contribution in [1.82, 2.24) is 9.47 Å². The van der Waals surface area contributed by atoms with Crippen LogP contribution < -0.4 is 10.1 Å². The number of amides is 1. The minimum atomic E-state index is -0.146. The van der Waals surface area contributed by atoms with E-state index in [1.165, 1.54) is 0 Å². The first-order chi connectivity index (χ1) is 13.3. The fraction of sp³-hybridized carbons (Fsp3) is 0.455. The van der Waals surface area contributed by atoms with Gasteiger partial charge >= 0.3 is 0 Å². The highest BCUT2D eigenvalue weighted by atomic mass is 16.5. The number of aryl methyl sites for hydroxylation is 1. The Hall–Kier alpha value is -2.60. The molecule has 1 aromatic heterocycles. The molecule has 0 spiro atoms. The zero-order chi connectivity index (χ0) is 20.8. The third-order valence-electron chi connectivity index (χ3n) is 4.86. The third-order valence-corrected chi connectivity index (χ3v) is 4.86. The quantitative estimate of drug-likeness (QED) is 0.666. The highest BCUT2D eigenvalue weighted by Gasteiger charge is 2.20. The highest BCUT2D eigenvalue weighted by molar-refractivity contribution is 5.99. The molecule has 0 saturated heterocycles. The Labute approximate surface area is 167 Å². The lowest BCUT2D eigenvalue weighted by atomic mass is 10.1. The summed E-state index contributed by atoms with van der Waals surface area (Å²) in [6.45, 7) is 11.2. The summed E-state index contributed by atoms with van der Waals surface area (Å²) in [6.07, 6.45) is 0. The van der Waals surface area contributed by atoms with Gasteiger partial charge in [-0.05, 0) is 64.6 Å². The van der Waals surface area contributed by atoms with Crippen LogP contribution in [0.25, 0.3) is 0 Å². The van der Waals surface area contributed by atoms with Crippen LogP contribution in [0.4, 0.5) is 5.69 Å². The van der Waals surface area contributed by atoms with E-state index in [0.29, 0.717) is 18.3 Å². The average molecular weight is 386 g/mol. The molecule has 1 N–H and O–H groups in total. The standard InChI is InChI=1S/C22H31N3O3/c1-7-24(14-22(27)23-18-8-10-19(28-6)11-9-18)13-21(26)20-12-16(4)25(15(2)3)17(20)5/h8-12,15H,7,13-14H2,1-6H3,(H,23,27). The van der Waals surface area contributed by atoms with Gasteiger partial charge in [0.1, 0.15) is 5.75 Å². The molecule has 2 rings (SSSR count). The number of Topliss-reactive ketones (excluding diaryl/α,β-unsaturated/α-hetero) is 1. The highest BCUT2D eigenvalue weighted by Crippen LogP contribution is 2.21. The Balaban J connectivity index is 2.00. The van der Waals surface area contributed by atoms with Gasteiger partial charge in [-0.1, -0.05) is 6.92 Å². The van der Waals surface area contributed by atoms with E-state index in [0.717, 1.165) is 22.7 Å². The summed E-state index contributed by atoms with van der Waals surface area (Å²) in [6, 6.07) is 9.42. The van der Waals surface area contributed by atoms with Crippen LogP contribution >= 0.6 is 0 Å². The molecule has 6 heteroatoms. The van der Waals surface area contributed by atoms with Crippen molar-refractivity contribution >= 4 is 17.4 Å². The molecule has 0 bridgehead atoms. The van der Waals surface area contributed by atoms with Gasteiger partial charge in [-0.25, -0.2) is 0 Å². The number of carbonyl (C=O) groups excluding carboxylic acids is 2. The lowest BCUT2D eigenvalue weighted by molar-refractivity contribution is -0.117. The number of ketones is 1. The fourth-order valence-corrected chi connectivity index (χ4v) is 3.50. The zero-order valence-electron chi connectivity index (χ0n) is 17.7. The number of ether oxygens (including phenoxy) is 1. The number of aromatic nitrogens is 1. The van der Waals surface area contributed by atoms with Crippen LogP contribution in [0, 0.1) is 13.8 Å². The van der Waals surface area contributed by atoms with Crippen molar-refractivity contribution in [1.29, 1.82) is 0 Å². The second kappa shape index (κ2) is 9.55. The minimum absolute atomic E-state index is 0.0408. The molecule has 1 heterocycles. The normalized spacial score (nSPS) is 11.1. The lowest BCUT2D eigenvalue weighted by Gasteiger charge is -2.19. The Morgan fingerprint density at radius 2 is 1.79 bits per heavy atom. The molecule has 0 radical (unpaired) electrons. The number of nitrogens with zero attached hydrogens (tertiary/aromatic N) is 2. The number of methoxy groups -OCH3 is 1. The summed E-state index contributed by atoms with van der Waals surface area (Å²) in [5, 5.41) is 2.86. The van der Waals surface area contributed by atoms with E-state index in [-0.39, 0.29) is 24.8 Å². The third kappa shape index (κ3) is 5.23. The van der Waals surface area contributed by atoms with Gasteiger partial charge in [-0.2, -0.15) is 0 Å². The molecule has 0 atom stereocenters. The van der Waals surface area contributed by atoms with Crippen molar-refractivity contribution in [2.75, 3.05) is 32.1 Å². The molecule has 2 aromatic rings. The Bertz CT molecular complexity index is 822. The van der Waals surface area contributed by atoms with E-state index in [1.54, 1.807) is 31.4 Å². The van der Waals surface area contributed by atoms with Gasteiger partial charge in [-0.3, -0.25) is 14.5 Å². The van der Waals surface area contributed by atoms with Crippen LogP contribution in [0.1, 0.15) is 48.6 Å². The number of nitrogens with one attached hydrogen (secondary N) is 1. The molecule has 0 unspecified atom stereocenters. The summed E-state index contributed by atoms with van der Waals surface area (Å²) < 4.78 is 7.28. The van der Waals surface area contributed by atoms with Crippen molar-refractivity contribution in [3.05, 3.63) is 47.3 Å². The Kier molecular flexibility index (Phi) is 7.40. The topological polar surface area (TPSA) is 63.6 Å². The van der Waals surface area contributed by atoms with Crippen molar-refractivity contribution in [2.45, 2.75) is 40.7 Å². The summed E-state index contributed by atoms with van der Waals surface area (Å²) in [4.78, 5) is 27.1. The maximum Gasteiger partial charge on any atom is 0.238 e. The number of rotatable bonds is 9. The predicted octanol–water partition coefficient (Wildman–Crippen LogP) is 3.84. The van der Waals surface area contributed by atoms with E-state index in [4.69, 9.17) is 4.74 Å². The first-order valence-corrected chi connectivity index (χ1v) is 9.64. The largest absolute Gasteiger partial charge is 0.497 e. The number of hydrogen-bond acceptors (Lipinski definition) is 4. The van der Waals surface area contributed by atoms with E-state index in [2.05, 4.69) is 23.7 Å². The second-order valence-electron chi connectivity index (χ2n) is 7.25. The van der Waals surface area contributed by atoms with Crippen LogP contribution in [0.15, 0.2) is 30.3 Å². The van der Waals surface area contributed by atoms with Gasteiger partial charge in [0.2, 0.25) is 5.91 Å². The van der Waals surface area contributed by atoms with Crippen LogP contribution in [0.3, 0.4) is 0 Å². The SMILES string of the molecule is CCN(CC(=O)Nc1ccc(OC)cc1)CC(=O)c1cc(C)n(C(C)C)c1C. The molecular formula is C22H31N3O3. The molecule has 1 amide bonds. The van der Waals surface area contributed by atoms with Crippen LogP contribution in [0.5, 0.6) is 5.75 Å². The number of likely N-dealkylation sites (N-methyl/N-ethyl adjacent to an activating group) is 1. The molecule has 1 aromatic carbocycles. The number of anilines is 1. The van der Waals surface area contributed by atoms with E-state index in [9.17, 15) is 9.59 Å². The first kappa shape index (κ1) is 21.7. The minimum Gasteiger partial charge on any atom is -0.497 e. The lowest BCUT2D eigenvalue weighted by Crippen LogP contribution is -2.37. The van der Waals surface area contributed by atoms with Crippen LogP contribution in [0.2, 0.25) is 0 Å². The maximum atomic E-state index is 12.8. The molecule has 0 fully saturated rings. The van der Waals surface area contributed by atoms with E-state index >= 15 is 0 Å². The monoisotopic (exact) mass is 385 g/mol. The zero-order valence-corrected chi connectivity index (χ0v) is 17.7. The summed E-state index contributed by atoms with van der Waals surface area (Å²) in [5.74, 6) is 0.629. The Morgan fingerprint density at radius 1 is 1.14 bits per heavy atom. The molecular weight excluding hydrogens is 354 g/mol. The second-order valence-corrected chi connectivity index (χ2v) is 7.25. The van der Waals surface area contributed by atoms with Gasteiger partial charge in [0.05, 0.1) is 20.2 Å². The molecule has 152 valence electrons. The van der Waals surface area contributed by atoms with Crippen molar-refractivity contribution in [3.63, 3.8) is 0 Å². The summed E-state index contributed by atoms with van der Waals surface area (Å²) in [7, 11) is 1.60. The molecule has 0 aliphatic heterocycles. The van der Waals surface area contributed by atoms with E-state index < -0.39 is 0 Å². The molecule has 0 aliphatic carbocycles. The van der Waals surface area contributed by atoms with Gasteiger partial charge in [0.25, 0.3) is 0 Å². The van der Waals surface area contributed by atoms with Crippen molar-refractivity contribution in [3.8, 4) is 5.75 Å². The molecule has 0 aliphatic rings. The van der Waals surface area contributed by atoms with Gasteiger partial charge in [0.15, 0.2) is 5.78 Å². The predicted molar refractivity (Wildman–Crippen MR) is 112 cm³/mol. The number of carbonyl (C=O) groups is 2. The van der Waals surface area contributed by atoms with Crippen LogP contribution in [-0.4, -0.2) is 47.9 Å². The smallest absolute Gasteiger partial charge is 0.238 e. The summed E-state index contributed by atoms with van der Waals surface area (Å²) in [5.41, 5.74) is 3.50. The molecule has 0 saturated carbocycles. The van der Waals surface area contributed by atoms with Crippen LogP contribution in [-0.2, 0) is 4.79 Å². The molecule has 6 nitrogen and oxygen atoms in total. The van der Waals surface area contributed by atoms with Gasteiger partial charge in [0, 0.05) is 28.7 Å². The van der Waals surface area contributed by atoms with Crippen molar-refractivity contribution < 1.29 is 14.3 Å². The number of benzene rings is 1. The maximum absolute atomic E-state index is 12.8. The first-order valence-electron chi connectivity index (χ1n) is 9.64. The molecule has 28 heavy (non-hydrogen) atoms. The fourth-order valence-electron chi connectivity index (χ4n) is 3.50. The van der Waals surface area contributed by atoms with Crippen molar-refractivity contribution in [2.24, 2.45) is 0 Å². The Morgan fingerprint density at radius 3 is 2.29 bits per heavy atom.